The summed E-state index contributed by atoms with van der Waals surface area (Å²) in [5.74, 6) is 0. The molecule has 2 unspecified atom stereocenters. The van der Waals surface area contributed by atoms with Crippen molar-refractivity contribution in [2.45, 2.75) is 31.0 Å². The number of rotatable bonds is 5. The summed E-state index contributed by atoms with van der Waals surface area (Å²) >= 11 is 0. The van der Waals surface area contributed by atoms with Crippen molar-refractivity contribution in [1.82, 2.24) is 0 Å². The Hall–Kier alpha value is 0.274. The minimum atomic E-state index is -2.47. The third kappa shape index (κ3) is 2.89. The zero-order chi connectivity index (χ0) is 11.3. The SMILES string of the molecule is CO[Si](OC)(OC)C(C)[SiH]1CCCCO1. The Morgan fingerprint density at radius 3 is 2.13 bits per heavy atom. The second kappa shape index (κ2) is 6.12. The van der Waals surface area contributed by atoms with Crippen molar-refractivity contribution in [3.05, 3.63) is 0 Å². The summed E-state index contributed by atoms with van der Waals surface area (Å²) in [7, 11) is 1.34. The van der Waals surface area contributed by atoms with Gasteiger partial charge in [-0.15, -0.1) is 0 Å². The lowest BCUT2D eigenvalue weighted by Gasteiger charge is -2.35. The smallest absolute Gasteiger partial charge is 0.420 e. The average molecular weight is 250 g/mol. The zero-order valence-corrected chi connectivity index (χ0v) is 12.3. The molecule has 0 aliphatic carbocycles. The van der Waals surface area contributed by atoms with Gasteiger partial charge in [-0.25, -0.2) is 0 Å². The van der Waals surface area contributed by atoms with Gasteiger partial charge in [0, 0.05) is 33.1 Å². The van der Waals surface area contributed by atoms with Crippen molar-refractivity contribution in [3.63, 3.8) is 0 Å². The molecule has 1 heterocycles. The van der Waals surface area contributed by atoms with E-state index in [1.807, 2.05) is 0 Å². The summed E-state index contributed by atoms with van der Waals surface area (Å²) in [4.78, 5) is 0. The highest BCUT2D eigenvalue weighted by Gasteiger charge is 2.49. The van der Waals surface area contributed by atoms with Gasteiger partial charge < -0.3 is 17.7 Å². The summed E-state index contributed by atoms with van der Waals surface area (Å²) in [6, 6.07) is 1.21. The molecule has 6 heteroatoms. The van der Waals surface area contributed by atoms with Crippen LogP contribution in [0, 0.1) is 0 Å². The molecule has 0 spiro atoms. The molecule has 1 fully saturated rings. The van der Waals surface area contributed by atoms with Gasteiger partial charge in [0.1, 0.15) is 0 Å². The largest absolute Gasteiger partial charge is 0.502 e. The average Bonchev–Trinajstić information content (AvgIpc) is 2.33. The van der Waals surface area contributed by atoms with E-state index in [2.05, 4.69) is 6.92 Å². The van der Waals surface area contributed by atoms with Crippen molar-refractivity contribution < 1.29 is 17.7 Å². The van der Waals surface area contributed by atoms with Gasteiger partial charge in [-0.1, -0.05) is 13.3 Å². The molecule has 0 aromatic rings. The molecule has 0 aromatic heterocycles. The maximum absolute atomic E-state index is 5.88. The molecule has 1 saturated heterocycles. The molecule has 15 heavy (non-hydrogen) atoms. The van der Waals surface area contributed by atoms with Gasteiger partial charge in [-0.2, -0.15) is 0 Å². The van der Waals surface area contributed by atoms with Gasteiger partial charge in [0.2, 0.25) is 0 Å². The van der Waals surface area contributed by atoms with Crippen LogP contribution in [0.15, 0.2) is 0 Å². The number of hydrogen-bond donors (Lipinski definition) is 0. The lowest BCUT2D eigenvalue weighted by molar-refractivity contribution is 0.117. The molecular formula is C9H22O4Si2. The van der Waals surface area contributed by atoms with Crippen LogP contribution in [-0.4, -0.2) is 45.8 Å². The van der Waals surface area contributed by atoms with Gasteiger partial charge in [0.05, 0.1) is 0 Å². The van der Waals surface area contributed by atoms with E-state index in [1.165, 1.54) is 18.9 Å². The van der Waals surface area contributed by atoms with Gasteiger partial charge >= 0.3 is 8.80 Å². The second-order valence-electron chi connectivity index (χ2n) is 3.91. The summed E-state index contributed by atoms with van der Waals surface area (Å²) in [6.07, 6.45) is 2.47. The highest BCUT2D eigenvalue weighted by atomic mass is 28.4. The molecule has 2 atom stereocenters. The molecule has 90 valence electrons. The maximum atomic E-state index is 5.88. The van der Waals surface area contributed by atoms with Gasteiger partial charge in [0.25, 0.3) is 0 Å². The lowest BCUT2D eigenvalue weighted by Crippen LogP contribution is -2.53. The Morgan fingerprint density at radius 1 is 1.13 bits per heavy atom. The predicted octanol–water partition coefficient (Wildman–Crippen LogP) is 1.33. The molecule has 1 aliphatic heterocycles. The zero-order valence-electron chi connectivity index (χ0n) is 10.1. The van der Waals surface area contributed by atoms with Crippen LogP contribution >= 0.6 is 0 Å². The highest BCUT2D eigenvalue weighted by molar-refractivity contribution is 6.78. The van der Waals surface area contributed by atoms with E-state index in [4.69, 9.17) is 17.7 Å². The van der Waals surface area contributed by atoms with Gasteiger partial charge in [0.15, 0.2) is 9.04 Å². The van der Waals surface area contributed by atoms with Crippen LogP contribution in [-0.2, 0) is 17.7 Å². The van der Waals surface area contributed by atoms with E-state index in [9.17, 15) is 0 Å². The van der Waals surface area contributed by atoms with E-state index in [1.54, 1.807) is 21.3 Å². The van der Waals surface area contributed by atoms with E-state index < -0.39 is 17.8 Å². The monoisotopic (exact) mass is 250 g/mol. The Kier molecular flexibility index (Phi) is 5.44. The fourth-order valence-corrected chi connectivity index (χ4v) is 9.76. The second-order valence-corrected chi connectivity index (χ2v) is 10.9. The van der Waals surface area contributed by atoms with Crippen LogP contribution in [0.1, 0.15) is 19.8 Å². The van der Waals surface area contributed by atoms with Gasteiger partial charge in [-0.05, 0) is 12.5 Å². The van der Waals surface area contributed by atoms with Crippen LogP contribution in [0.2, 0.25) is 11.2 Å². The summed E-state index contributed by atoms with van der Waals surface area (Å²) in [6.45, 7) is 3.06. The molecule has 4 nitrogen and oxygen atoms in total. The molecule has 0 radical (unpaired) electrons. The standard InChI is InChI=1S/C9H22O4Si2/c1-9(14-8-6-5-7-13-14)15(10-2,11-3)12-4/h9,14H,5-8H2,1-4H3. The summed E-state index contributed by atoms with van der Waals surface area (Å²) < 4.78 is 22.4. The van der Waals surface area contributed by atoms with Crippen LogP contribution in [0.25, 0.3) is 0 Å². The Bertz CT molecular complexity index is 173. The summed E-state index contributed by atoms with van der Waals surface area (Å²) in [5, 5.41) is 0.331. The minimum absolute atomic E-state index is 0.331. The summed E-state index contributed by atoms with van der Waals surface area (Å²) in [5.41, 5.74) is 0. The molecule has 0 N–H and O–H groups in total. The molecule has 1 aliphatic rings. The van der Waals surface area contributed by atoms with Crippen LogP contribution in [0.5, 0.6) is 0 Å². The van der Waals surface area contributed by atoms with Crippen molar-refractivity contribution in [2.75, 3.05) is 27.9 Å². The molecule has 0 bridgehead atoms. The van der Waals surface area contributed by atoms with Crippen LogP contribution in [0.3, 0.4) is 0 Å². The molecule has 0 aromatic carbocycles. The van der Waals surface area contributed by atoms with Crippen molar-refractivity contribution in [3.8, 4) is 0 Å². The fraction of sp³-hybridized carbons (Fsp3) is 1.00. The molecular weight excluding hydrogens is 228 g/mol. The van der Waals surface area contributed by atoms with Gasteiger partial charge in [-0.3, -0.25) is 0 Å². The molecule has 0 amide bonds. The Balaban J connectivity index is 2.65. The van der Waals surface area contributed by atoms with Crippen LogP contribution in [0.4, 0.5) is 0 Å². The van der Waals surface area contributed by atoms with E-state index in [-0.39, 0.29) is 0 Å². The lowest BCUT2D eigenvalue weighted by atomic mass is 10.4. The normalized spacial score (nSPS) is 25.2. The fourth-order valence-electron chi connectivity index (χ4n) is 2.20. The first kappa shape index (κ1) is 13.3. The highest BCUT2D eigenvalue weighted by Crippen LogP contribution is 2.31. The van der Waals surface area contributed by atoms with Crippen molar-refractivity contribution >= 4 is 17.8 Å². The predicted molar refractivity (Wildman–Crippen MR) is 63.3 cm³/mol. The van der Waals surface area contributed by atoms with Crippen molar-refractivity contribution in [2.24, 2.45) is 0 Å². The number of hydrogen-bond acceptors (Lipinski definition) is 4. The third-order valence-electron chi connectivity index (χ3n) is 3.18. The van der Waals surface area contributed by atoms with E-state index in [0.717, 1.165) is 6.61 Å². The van der Waals surface area contributed by atoms with E-state index in [0.29, 0.717) is 5.16 Å². The first-order valence-corrected chi connectivity index (χ1v) is 9.23. The quantitative estimate of drug-likeness (QED) is 0.690. The van der Waals surface area contributed by atoms with Crippen molar-refractivity contribution in [1.29, 1.82) is 0 Å². The first-order valence-electron chi connectivity index (χ1n) is 5.47. The minimum Gasteiger partial charge on any atom is -0.420 e. The first-order chi connectivity index (χ1) is 7.20. The topological polar surface area (TPSA) is 36.9 Å². The maximum Gasteiger partial charge on any atom is 0.502 e. The van der Waals surface area contributed by atoms with E-state index >= 15 is 0 Å². The Labute approximate surface area is 95.0 Å². The molecule has 1 rings (SSSR count). The molecule has 0 saturated carbocycles. The van der Waals surface area contributed by atoms with Crippen LogP contribution < -0.4 is 0 Å². The Morgan fingerprint density at radius 2 is 1.73 bits per heavy atom. The third-order valence-corrected chi connectivity index (χ3v) is 11.1.